The minimum atomic E-state index is -1.43. The molecule has 23 heavy (non-hydrogen) atoms. The number of carbonyl (C=O) groups excluding carboxylic acids is 1. The summed E-state index contributed by atoms with van der Waals surface area (Å²) in [6, 6.07) is 0.636. The van der Waals surface area contributed by atoms with E-state index < -0.39 is 46.6 Å². The van der Waals surface area contributed by atoms with Crippen molar-refractivity contribution >= 4 is 51.0 Å². The second-order valence-corrected chi connectivity index (χ2v) is 6.27. The van der Waals surface area contributed by atoms with Gasteiger partial charge in [0.2, 0.25) is 5.91 Å². The Labute approximate surface area is 140 Å². The molecular formula is C12H7BrF3N3O3S. The molecule has 1 fully saturated rings. The van der Waals surface area contributed by atoms with Gasteiger partial charge in [0, 0.05) is 0 Å². The van der Waals surface area contributed by atoms with Crippen molar-refractivity contribution in [3.05, 3.63) is 33.6 Å². The molecule has 0 bridgehead atoms. The molecule has 0 aromatic heterocycles. The average molecular weight is 410 g/mol. The normalized spacial score (nSPS) is 19.6. The molecule has 6 nitrogen and oxygen atoms in total. The zero-order valence-electron chi connectivity index (χ0n) is 11.0. The number of hydrogen-bond donors (Lipinski definition) is 2. The number of nitrogens with one attached hydrogen (secondary N) is 1. The van der Waals surface area contributed by atoms with E-state index in [1.807, 2.05) is 0 Å². The average Bonchev–Trinajstić information content (AvgIpc) is 2.80. The van der Waals surface area contributed by atoms with Crippen molar-refractivity contribution < 1.29 is 27.9 Å². The number of carbonyl (C=O) groups is 2. The first-order valence-corrected chi connectivity index (χ1v) is 7.60. The lowest BCUT2D eigenvalue weighted by Crippen LogP contribution is -2.26. The van der Waals surface area contributed by atoms with Gasteiger partial charge in [-0.3, -0.25) is 9.59 Å². The Balaban J connectivity index is 2.17. The molecule has 1 aromatic rings. The van der Waals surface area contributed by atoms with Gasteiger partial charge in [-0.15, -0.1) is 5.10 Å². The summed E-state index contributed by atoms with van der Waals surface area (Å²) in [6.45, 7) is 0. The highest BCUT2D eigenvalue weighted by atomic mass is 79.9. The maximum atomic E-state index is 13.7. The number of benzene rings is 1. The highest BCUT2D eigenvalue weighted by molar-refractivity contribution is 9.10. The van der Waals surface area contributed by atoms with Gasteiger partial charge in [0.05, 0.1) is 22.7 Å². The molecule has 1 amide bonds. The number of nitrogens with zero attached hydrogens (tertiary/aromatic N) is 2. The summed E-state index contributed by atoms with van der Waals surface area (Å²) in [6.07, 6.45) is 0.252. The zero-order chi connectivity index (χ0) is 17.1. The number of hydrogen-bond acceptors (Lipinski definition) is 5. The van der Waals surface area contributed by atoms with Crippen LogP contribution in [0.25, 0.3) is 0 Å². The molecule has 1 unspecified atom stereocenters. The van der Waals surface area contributed by atoms with E-state index in [9.17, 15) is 22.8 Å². The number of thioether (sulfide) groups is 1. The predicted molar refractivity (Wildman–Crippen MR) is 80.8 cm³/mol. The standard InChI is InChI=1S/C12H7BrF3N3O3S/c13-5-1-6(14)10(16)4(9(5)15)3-17-19-12-18-11(22)7(23-12)2-8(20)21/h1,3,7H,2H2,(H,20,21)(H,18,19,22). The van der Waals surface area contributed by atoms with Crippen LogP contribution in [-0.4, -0.2) is 33.6 Å². The van der Waals surface area contributed by atoms with Crippen LogP contribution in [0.1, 0.15) is 12.0 Å². The van der Waals surface area contributed by atoms with E-state index in [0.29, 0.717) is 12.3 Å². The van der Waals surface area contributed by atoms with Crippen molar-refractivity contribution in [3.63, 3.8) is 0 Å². The van der Waals surface area contributed by atoms with E-state index in [1.165, 1.54) is 0 Å². The maximum absolute atomic E-state index is 13.7. The first kappa shape index (κ1) is 17.5. The van der Waals surface area contributed by atoms with Crippen LogP contribution < -0.4 is 5.32 Å². The smallest absolute Gasteiger partial charge is 0.305 e. The molecular weight excluding hydrogens is 403 g/mol. The van der Waals surface area contributed by atoms with Gasteiger partial charge in [-0.2, -0.15) is 5.10 Å². The lowest BCUT2D eigenvalue weighted by molar-refractivity contribution is -0.138. The van der Waals surface area contributed by atoms with Crippen molar-refractivity contribution in [2.75, 3.05) is 0 Å². The Hall–Kier alpha value is -1.88. The molecule has 2 rings (SSSR count). The summed E-state index contributed by atoms with van der Waals surface area (Å²) in [5.74, 6) is -5.47. The van der Waals surface area contributed by atoms with Crippen LogP contribution in [0.4, 0.5) is 13.2 Å². The number of rotatable bonds is 4. The molecule has 1 saturated heterocycles. The Morgan fingerprint density at radius 1 is 1.43 bits per heavy atom. The summed E-state index contributed by atoms with van der Waals surface area (Å²) < 4.78 is 40.1. The lowest BCUT2D eigenvalue weighted by atomic mass is 10.2. The highest BCUT2D eigenvalue weighted by Crippen LogP contribution is 2.24. The van der Waals surface area contributed by atoms with Gasteiger partial charge in [0.15, 0.2) is 16.8 Å². The van der Waals surface area contributed by atoms with Crippen LogP contribution >= 0.6 is 27.7 Å². The Morgan fingerprint density at radius 3 is 2.78 bits per heavy atom. The minimum Gasteiger partial charge on any atom is -0.481 e. The number of carboxylic acid groups (broad SMARTS) is 1. The molecule has 1 atom stereocenters. The van der Waals surface area contributed by atoms with Crippen molar-refractivity contribution in [1.29, 1.82) is 0 Å². The first-order chi connectivity index (χ1) is 10.8. The van der Waals surface area contributed by atoms with Gasteiger partial charge in [-0.1, -0.05) is 11.8 Å². The summed E-state index contributed by atoms with van der Waals surface area (Å²) in [5.41, 5.74) is -0.738. The molecule has 1 heterocycles. The second-order valence-electron chi connectivity index (χ2n) is 4.23. The number of aliphatic carboxylic acids is 1. The van der Waals surface area contributed by atoms with E-state index >= 15 is 0 Å². The molecule has 11 heteroatoms. The quantitative estimate of drug-likeness (QED) is 0.453. The van der Waals surface area contributed by atoms with Gasteiger partial charge in [0.1, 0.15) is 11.1 Å². The fourth-order valence-corrected chi connectivity index (χ4v) is 2.92. The summed E-state index contributed by atoms with van der Waals surface area (Å²) in [4.78, 5) is 22.0. The summed E-state index contributed by atoms with van der Waals surface area (Å²) in [5, 5.41) is 16.9. The van der Waals surface area contributed by atoms with Crippen molar-refractivity contribution in [1.82, 2.24) is 5.32 Å². The molecule has 1 aromatic carbocycles. The fourth-order valence-electron chi connectivity index (χ4n) is 1.59. The lowest BCUT2D eigenvalue weighted by Gasteiger charge is -2.02. The largest absolute Gasteiger partial charge is 0.481 e. The molecule has 0 saturated carbocycles. The molecule has 0 radical (unpaired) electrons. The summed E-state index contributed by atoms with van der Waals surface area (Å²) >= 11 is 3.55. The Morgan fingerprint density at radius 2 is 2.13 bits per heavy atom. The van der Waals surface area contributed by atoms with Gasteiger partial charge in [-0.05, 0) is 22.0 Å². The van der Waals surface area contributed by atoms with Gasteiger partial charge < -0.3 is 10.4 Å². The fraction of sp³-hybridized carbons (Fsp3) is 0.167. The molecule has 2 N–H and O–H groups in total. The topological polar surface area (TPSA) is 91.1 Å². The van der Waals surface area contributed by atoms with Crippen molar-refractivity contribution in [2.24, 2.45) is 10.2 Å². The number of halogens is 4. The second kappa shape index (κ2) is 7.13. The predicted octanol–water partition coefficient (Wildman–Crippen LogP) is 2.26. The van der Waals surface area contributed by atoms with Crippen LogP contribution in [0.2, 0.25) is 0 Å². The van der Waals surface area contributed by atoms with Gasteiger partial charge in [-0.25, -0.2) is 13.2 Å². The Kier molecular flexibility index (Phi) is 5.42. The van der Waals surface area contributed by atoms with Gasteiger partial charge in [0.25, 0.3) is 0 Å². The minimum absolute atomic E-state index is 0.0196. The molecule has 1 aliphatic heterocycles. The van der Waals surface area contributed by atoms with E-state index in [0.717, 1.165) is 11.8 Å². The van der Waals surface area contributed by atoms with E-state index in [1.54, 1.807) is 0 Å². The molecule has 0 aliphatic carbocycles. The SMILES string of the molecule is O=C(O)CC1SC(=NN=Cc2c(F)c(F)cc(Br)c2F)NC1=O. The van der Waals surface area contributed by atoms with Crippen LogP contribution in [0.15, 0.2) is 20.7 Å². The molecule has 1 aliphatic rings. The van der Waals surface area contributed by atoms with Gasteiger partial charge >= 0.3 is 5.97 Å². The van der Waals surface area contributed by atoms with E-state index in [2.05, 4.69) is 31.4 Å². The zero-order valence-corrected chi connectivity index (χ0v) is 13.4. The highest BCUT2D eigenvalue weighted by Gasteiger charge is 2.32. The number of amidine groups is 1. The third-order valence-electron chi connectivity index (χ3n) is 2.62. The van der Waals surface area contributed by atoms with E-state index in [4.69, 9.17) is 5.11 Å². The van der Waals surface area contributed by atoms with Crippen molar-refractivity contribution in [3.8, 4) is 0 Å². The maximum Gasteiger partial charge on any atom is 0.305 e. The third-order valence-corrected chi connectivity index (χ3v) is 4.27. The van der Waals surface area contributed by atoms with Crippen LogP contribution in [0.3, 0.4) is 0 Å². The summed E-state index contributed by atoms with van der Waals surface area (Å²) in [7, 11) is 0. The van der Waals surface area contributed by atoms with Crippen LogP contribution in [-0.2, 0) is 9.59 Å². The van der Waals surface area contributed by atoms with Crippen LogP contribution in [0.5, 0.6) is 0 Å². The number of amides is 1. The Bertz CT molecular complexity index is 716. The van der Waals surface area contributed by atoms with E-state index in [-0.39, 0.29) is 9.64 Å². The first-order valence-electron chi connectivity index (χ1n) is 5.93. The third kappa shape index (κ3) is 4.10. The van der Waals surface area contributed by atoms with Crippen molar-refractivity contribution in [2.45, 2.75) is 11.7 Å². The molecule has 122 valence electrons. The number of carboxylic acids is 1. The monoisotopic (exact) mass is 409 g/mol. The molecule has 0 spiro atoms. The van der Waals surface area contributed by atoms with Crippen LogP contribution in [0, 0.1) is 17.5 Å².